The minimum Gasteiger partial charge on any atom is -0.323 e. The molecule has 0 aliphatic rings. The fraction of sp³-hybridized carbons (Fsp3) is 0.250. The van der Waals surface area contributed by atoms with Crippen LogP contribution in [0.1, 0.15) is 0 Å². The molecule has 0 aliphatic carbocycles. The van der Waals surface area contributed by atoms with E-state index in [1.807, 2.05) is 0 Å². The van der Waals surface area contributed by atoms with Crippen molar-refractivity contribution in [2.45, 2.75) is 5.16 Å². The summed E-state index contributed by atoms with van der Waals surface area (Å²) in [5.41, 5.74) is -0.724. The normalized spacial score (nSPS) is 11.1. The molecule has 3 aromatic rings. The number of hydrogen-bond donors (Lipinski definition) is 1. The van der Waals surface area contributed by atoms with E-state index in [1.54, 1.807) is 7.05 Å². The molecule has 0 radical (unpaired) electrons. The van der Waals surface area contributed by atoms with E-state index in [2.05, 4.69) is 10.3 Å². The van der Waals surface area contributed by atoms with Crippen LogP contribution in [0.3, 0.4) is 0 Å². The molecule has 1 N–H and O–H groups in total. The molecule has 0 fully saturated rings. The quantitative estimate of drug-likeness (QED) is 0.665. The van der Waals surface area contributed by atoms with Gasteiger partial charge in [0.1, 0.15) is 11.6 Å². The summed E-state index contributed by atoms with van der Waals surface area (Å²) in [5.74, 6) is -2.27. The monoisotopic (exact) mass is 395 g/mol. The minimum atomic E-state index is -0.880. The van der Waals surface area contributed by atoms with Crippen LogP contribution >= 0.6 is 11.8 Å². The third-order valence-corrected chi connectivity index (χ3v) is 4.99. The highest BCUT2D eigenvalue weighted by atomic mass is 32.2. The van der Waals surface area contributed by atoms with Crippen molar-refractivity contribution < 1.29 is 13.6 Å². The third-order valence-electron chi connectivity index (χ3n) is 3.96. The van der Waals surface area contributed by atoms with Gasteiger partial charge in [0.25, 0.3) is 5.56 Å². The van der Waals surface area contributed by atoms with Crippen LogP contribution in [0.15, 0.2) is 32.9 Å². The van der Waals surface area contributed by atoms with E-state index in [1.165, 1.54) is 23.2 Å². The molecule has 11 heteroatoms. The van der Waals surface area contributed by atoms with Gasteiger partial charge in [0, 0.05) is 27.2 Å². The molecule has 3 rings (SSSR count). The number of amides is 1. The molecule has 8 nitrogen and oxygen atoms in total. The topological polar surface area (TPSA) is 90.9 Å². The molecular weight excluding hydrogens is 380 g/mol. The van der Waals surface area contributed by atoms with Gasteiger partial charge in [-0.2, -0.15) is 0 Å². The van der Waals surface area contributed by atoms with Gasteiger partial charge < -0.3 is 9.88 Å². The van der Waals surface area contributed by atoms with Gasteiger partial charge in [0.15, 0.2) is 16.3 Å². The lowest BCUT2D eigenvalue weighted by Gasteiger charge is -2.07. The number of halogens is 2. The van der Waals surface area contributed by atoms with Crippen molar-refractivity contribution in [2.75, 3.05) is 11.1 Å². The summed E-state index contributed by atoms with van der Waals surface area (Å²) in [6.45, 7) is 0. The highest BCUT2D eigenvalue weighted by Gasteiger charge is 2.18. The molecule has 0 saturated carbocycles. The van der Waals surface area contributed by atoms with Crippen LogP contribution in [-0.2, 0) is 25.9 Å². The summed E-state index contributed by atoms with van der Waals surface area (Å²) in [6.07, 6.45) is 0. The Morgan fingerprint density at radius 2 is 1.85 bits per heavy atom. The van der Waals surface area contributed by atoms with E-state index in [0.717, 1.165) is 28.5 Å². The number of hydrogen-bond acceptors (Lipinski definition) is 5. The molecule has 0 atom stereocenters. The molecule has 1 amide bonds. The van der Waals surface area contributed by atoms with E-state index in [9.17, 15) is 23.2 Å². The zero-order valence-corrected chi connectivity index (χ0v) is 15.4. The molecule has 0 unspecified atom stereocenters. The van der Waals surface area contributed by atoms with Gasteiger partial charge in [-0.05, 0) is 12.1 Å². The first-order valence-corrected chi connectivity index (χ1v) is 8.69. The summed E-state index contributed by atoms with van der Waals surface area (Å²) < 4.78 is 30.3. The maximum atomic E-state index is 13.6. The van der Waals surface area contributed by atoms with Crippen molar-refractivity contribution in [3.8, 4) is 0 Å². The summed E-state index contributed by atoms with van der Waals surface area (Å²) in [7, 11) is 4.49. The van der Waals surface area contributed by atoms with Crippen molar-refractivity contribution in [3.63, 3.8) is 0 Å². The number of aromatic nitrogens is 4. The van der Waals surface area contributed by atoms with Crippen LogP contribution in [0.5, 0.6) is 0 Å². The average Bonchev–Trinajstić information content (AvgIpc) is 2.95. The number of nitrogens with zero attached hydrogens (tertiary/aromatic N) is 4. The van der Waals surface area contributed by atoms with Gasteiger partial charge in [-0.25, -0.2) is 18.6 Å². The number of fused-ring (bicyclic) bond motifs is 1. The predicted molar refractivity (Wildman–Crippen MR) is 96.9 cm³/mol. The van der Waals surface area contributed by atoms with Crippen molar-refractivity contribution >= 4 is 34.5 Å². The Labute approximate surface area is 155 Å². The second kappa shape index (κ2) is 6.99. The van der Waals surface area contributed by atoms with Gasteiger partial charge in [0.2, 0.25) is 5.91 Å². The van der Waals surface area contributed by atoms with Crippen LogP contribution in [0, 0.1) is 11.6 Å². The first kappa shape index (κ1) is 18.8. The molecule has 2 aromatic heterocycles. The minimum absolute atomic E-state index is 0.106. The first-order valence-electron chi connectivity index (χ1n) is 7.71. The zero-order valence-electron chi connectivity index (χ0n) is 14.6. The second-order valence-corrected chi connectivity index (χ2v) is 6.73. The lowest BCUT2D eigenvalue weighted by molar-refractivity contribution is -0.113. The standard InChI is InChI=1S/C16H15F2N5O3S/c1-21-13-12(14(25)23(3)16(26)22(13)2)20-15(21)27-7-11(24)19-10-5-4-8(17)6-9(10)18/h4-6H,7H2,1-3H3,(H,19,24). The Morgan fingerprint density at radius 3 is 2.52 bits per heavy atom. The largest absolute Gasteiger partial charge is 0.332 e. The van der Waals surface area contributed by atoms with Crippen molar-refractivity contribution in [1.82, 2.24) is 18.7 Å². The van der Waals surface area contributed by atoms with Crippen LogP contribution in [0.4, 0.5) is 14.5 Å². The number of carbonyl (C=O) groups is 1. The predicted octanol–water partition coefficient (Wildman–Crippen LogP) is 0.980. The van der Waals surface area contributed by atoms with Gasteiger partial charge in [-0.15, -0.1) is 0 Å². The average molecular weight is 395 g/mol. The van der Waals surface area contributed by atoms with Gasteiger partial charge in [0.05, 0.1) is 11.4 Å². The number of benzene rings is 1. The van der Waals surface area contributed by atoms with E-state index in [-0.39, 0.29) is 17.0 Å². The number of aryl methyl sites for hydroxylation is 2. The number of rotatable bonds is 4. The Morgan fingerprint density at radius 1 is 1.15 bits per heavy atom. The summed E-state index contributed by atoms with van der Waals surface area (Å²) in [6, 6.07) is 2.83. The molecule has 0 spiro atoms. The van der Waals surface area contributed by atoms with Crippen LogP contribution in [-0.4, -0.2) is 30.3 Å². The number of nitrogens with one attached hydrogen (secondary N) is 1. The smallest absolute Gasteiger partial charge is 0.323 e. The molecule has 2 heterocycles. The van der Waals surface area contributed by atoms with Gasteiger partial charge in [-0.3, -0.25) is 18.7 Å². The third kappa shape index (κ3) is 3.37. The SMILES string of the molecule is Cn1c(=O)c2nc(SCC(=O)Nc3ccc(F)cc3F)n(C)c2n(C)c1=O. The molecule has 142 valence electrons. The van der Waals surface area contributed by atoms with Crippen LogP contribution in [0.25, 0.3) is 11.2 Å². The Hall–Kier alpha value is -2.95. The molecule has 0 bridgehead atoms. The van der Waals surface area contributed by atoms with Gasteiger partial charge >= 0.3 is 5.69 Å². The molecule has 0 aliphatic heterocycles. The first-order chi connectivity index (χ1) is 12.7. The molecule has 27 heavy (non-hydrogen) atoms. The fourth-order valence-corrected chi connectivity index (χ4v) is 3.36. The molecule has 0 saturated heterocycles. The van der Waals surface area contributed by atoms with Crippen molar-refractivity contribution in [3.05, 3.63) is 50.7 Å². The number of imidazole rings is 1. The van der Waals surface area contributed by atoms with E-state index in [4.69, 9.17) is 0 Å². The maximum Gasteiger partial charge on any atom is 0.332 e. The maximum absolute atomic E-state index is 13.6. The second-order valence-electron chi connectivity index (χ2n) is 5.79. The molecule has 1 aromatic carbocycles. The Balaban J connectivity index is 1.83. The lowest BCUT2D eigenvalue weighted by Crippen LogP contribution is -2.37. The highest BCUT2D eigenvalue weighted by molar-refractivity contribution is 7.99. The van der Waals surface area contributed by atoms with E-state index in [0.29, 0.717) is 16.9 Å². The van der Waals surface area contributed by atoms with E-state index >= 15 is 0 Å². The Bertz CT molecular complexity index is 1180. The number of thioether (sulfide) groups is 1. The van der Waals surface area contributed by atoms with E-state index < -0.39 is 28.8 Å². The van der Waals surface area contributed by atoms with Crippen LogP contribution in [0.2, 0.25) is 0 Å². The van der Waals surface area contributed by atoms with Crippen molar-refractivity contribution in [1.29, 1.82) is 0 Å². The summed E-state index contributed by atoms with van der Waals surface area (Å²) >= 11 is 1.02. The lowest BCUT2D eigenvalue weighted by atomic mass is 10.3. The number of anilines is 1. The summed E-state index contributed by atoms with van der Waals surface area (Å²) in [4.78, 5) is 40.5. The van der Waals surface area contributed by atoms with Gasteiger partial charge in [-0.1, -0.05) is 11.8 Å². The highest BCUT2D eigenvalue weighted by Crippen LogP contribution is 2.21. The summed E-state index contributed by atoms with van der Waals surface area (Å²) in [5, 5.41) is 2.69. The Kier molecular flexibility index (Phi) is 4.87. The van der Waals surface area contributed by atoms with Crippen LogP contribution < -0.4 is 16.6 Å². The van der Waals surface area contributed by atoms with Crippen molar-refractivity contribution in [2.24, 2.45) is 21.1 Å². The zero-order chi connectivity index (χ0) is 19.9. The fourth-order valence-electron chi connectivity index (χ4n) is 2.60. The number of carbonyl (C=O) groups excluding carboxylic acids is 1. The molecular formula is C16H15F2N5O3S.